The lowest BCUT2D eigenvalue weighted by molar-refractivity contribution is -0.141. The van der Waals surface area contributed by atoms with Crippen molar-refractivity contribution in [1.82, 2.24) is 15.2 Å². The highest BCUT2D eigenvalue weighted by molar-refractivity contribution is 5.93. The summed E-state index contributed by atoms with van der Waals surface area (Å²) < 4.78 is 37.8. The van der Waals surface area contributed by atoms with E-state index >= 15 is 0 Å². The molecule has 0 aliphatic rings. The van der Waals surface area contributed by atoms with Gasteiger partial charge in [0.1, 0.15) is 11.4 Å². The van der Waals surface area contributed by atoms with E-state index in [1.54, 1.807) is 6.20 Å². The number of hydrogen-bond acceptors (Lipinski definition) is 2. The van der Waals surface area contributed by atoms with Crippen LogP contribution in [0.4, 0.5) is 13.2 Å². The minimum atomic E-state index is -4.44. The van der Waals surface area contributed by atoms with Gasteiger partial charge < -0.3 is 0 Å². The number of hydrogen-bond donors (Lipinski definition) is 1. The number of aromatic nitrogens is 3. The van der Waals surface area contributed by atoms with Gasteiger partial charge in [-0.2, -0.15) is 18.3 Å². The molecule has 1 aromatic carbocycles. The summed E-state index contributed by atoms with van der Waals surface area (Å²) in [6.07, 6.45) is -2.87. The largest absolute Gasteiger partial charge is 0.432 e. The predicted octanol–water partition coefficient (Wildman–Crippen LogP) is 3.95. The van der Waals surface area contributed by atoms with Crippen molar-refractivity contribution in [2.75, 3.05) is 0 Å². The number of rotatable bonds is 1. The first-order valence-electron chi connectivity index (χ1n) is 5.93. The second-order valence-electron chi connectivity index (χ2n) is 4.55. The first-order chi connectivity index (χ1) is 9.45. The highest BCUT2D eigenvalue weighted by atomic mass is 19.4. The molecule has 0 atom stereocenters. The van der Waals surface area contributed by atoms with Gasteiger partial charge in [0.2, 0.25) is 0 Å². The van der Waals surface area contributed by atoms with E-state index in [4.69, 9.17) is 0 Å². The van der Waals surface area contributed by atoms with Crippen LogP contribution in [0.15, 0.2) is 36.5 Å². The van der Waals surface area contributed by atoms with E-state index < -0.39 is 11.9 Å². The molecular formula is C14H10F3N3. The third kappa shape index (κ3) is 2.13. The van der Waals surface area contributed by atoms with Crippen molar-refractivity contribution < 1.29 is 13.2 Å². The second kappa shape index (κ2) is 4.33. The fourth-order valence-corrected chi connectivity index (χ4v) is 2.09. The molecule has 3 aromatic rings. The lowest BCUT2D eigenvalue weighted by Gasteiger charge is -2.04. The molecule has 20 heavy (non-hydrogen) atoms. The number of aryl methyl sites for hydroxylation is 1. The summed E-state index contributed by atoms with van der Waals surface area (Å²) in [6, 6.07) is 8.49. The van der Waals surface area contributed by atoms with Gasteiger partial charge >= 0.3 is 6.18 Å². The first kappa shape index (κ1) is 12.7. The molecular weight excluding hydrogens is 267 g/mol. The summed E-state index contributed by atoms with van der Waals surface area (Å²) >= 11 is 0. The molecule has 102 valence electrons. The highest BCUT2D eigenvalue weighted by Crippen LogP contribution is 2.32. The average Bonchev–Trinajstić information content (AvgIpc) is 2.87. The molecule has 3 rings (SSSR count). The predicted molar refractivity (Wildman–Crippen MR) is 69.1 cm³/mol. The third-order valence-electron chi connectivity index (χ3n) is 3.05. The van der Waals surface area contributed by atoms with E-state index in [1.807, 2.05) is 36.3 Å². The second-order valence-corrected chi connectivity index (χ2v) is 4.55. The van der Waals surface area contributed by atoms with Crippen LogP contribution < -0.4 is 0 Å². The number of H-pyrrole nitrogens is 1. The molecule has 0 amide bonds. The van der Waals surface area contributed by atoms with Gasteiger partial charge in [-0.3, -0.25) is 10.1 Å². The minimum absolute atomic E-state index is 0.187. The maximum atomic E-state index is 12.6. The molecule has 0 aliphatic carbocycles. The SMILES string of the molecule is Cc1ccc2c(-c3cc(C(F)(F)F)[nH]n3)nccc2c1. The van der Waals surface area contributed by atoms with Gasteiger partial charge in [-0.15, -0.1) is 0 Å². The van der Waals surface area contributed by atoms with Crippen molar-refractivity contribution in [3.63, 3.8) is 0 Å². The molecule has 0 fully saturated rings. The monoisotopic (exact) mass is 277 g/mol. The van der Waals surface area contributed by atoms with E-state index in [0.717, 1.165) is 22.4 Å². The first-order valence-corrected chi connectivity index (χ1v) is 5.93. The average molecular weight is 277 g/mol. The normalized spacial score (nSPS) is 12.0. The number of benzene rings is 1. The molecule has 2 heterocycles. The zero-order valence-electron chi connectivity index (χ0n) is 10.5. The molecule has 0 saturated heterocycles. The Balaban J connectivity index is 2.17. The number of halogens is 3. The van der Waals surface area contributed by atoms with Crippen molar-refractivity contribution in [2.45, 2.75) is 13.1 Å². The minimum Gasteiger partial charge on any atom is -0.273 e. The summed E-state index contributed by atoms with van der Waals surface area (Å²) in [4.78, 5) is 4.15. The van der Waals surface area contributed by atoms with Crippen molar-refractivity contribution >= 4 is 10.8 Å². The lowest BCUT2D eigenvalue weighted by Crippen LogP contribution is -2.04. The number of nitrogens with one attached hydrogen (secondary N) is 1. The van der Waals surface area contributed by atoms with E-state index in [-0.39, 0.29) is 5.69 Å². The summed E-state index contributed by atoms with van der Waals surface area (Å²) in [5.41, 5.74) is 0.826. The topological polar surface area (TPSA) is 41.6 Å². The van der Waals surface area contributed by atoms with Crippen molar-refractivity contribution in [1.29, 1.82) is 0 Å². The van der Waals surface area contributed by atoms with Gasteiger partial charge in [0.25, 0.3) is 0 Å². The Morgan fingerprint density at radius 2 is 1.90 bits per heavy atom. The van der Waals surface area contributed by atoms with Gasteiger partial charge in [0.15, 0.2) is 0 Å². The lowest BCUT2D eigenvalue weighted by atomic mass is 10.1. The van der Waals surface area contributed by atoms with E-state index in [0.29, 0.717) is 5.69 Å². The Morgan fingerprint density at radius 3 is 2.60 bits per heavy atom. The molecule has 0 aliphatic heterocycles. The van der Waals surface area contributed by atoms with Crippen LogP contribution in [-0.4, -0.2) is 15.2 Å². The van der Waals surface area contributed by atoms with Gasteiger partial charge in [0, 0.05) is 11.6 Å². The summed E-state index contributed by atoms with van der Waals surface area (Å²) in [5.74, 6) is 0. The summed E-state index contributed by atoms with van der Waals surface area (Å²) in [6.45, 7) is 1.95. The quantitative estimate of drug-likeness (QED) is 0.731. The molecule has 0 radical (unpaired) electrons. The van der Waals surface area contributed by atoms with Gasteiger partial charge in [-0.05, 0) is 24.4 Å². The zero-order chi connectivity index (χ0) is 14.3. The maximum Gasteiger partial charge on any atom is 0.432 e. The number of alkyl halides is 3. The number of fused-ring (bicyclic) bond motifs is 1. The van der Waals surface area contributed by atoms with Crippen LogP contribution in [0.2, 0.25) is 0 Å². The van der Waals surface area contributed by atoms with Crippen molar-refractivity contribution in [2.24, 2.45) is 0 Å². The van der Waals surface area contributed by atoms with Gasteiger partial charge in [0.05, 0.1) is 5.69 Å². The molecule has 0 spiro atoms. The van der Waals surface area contributed by atoms with Crippen LogP contribution >= 0.6 is 0 Å². The molecule has 6 heteroatoms. The third-order valence-corrected chi connectivity index (χ3v) is 3.05. The van der Waals surface area contributed by atoms with Crippen LogP contribution in [0, 0.1) is 6.92 Å². The van der Waals surface area contributed by atoms with Crippen LogP contribution in [0.3, 0.4) is 0 Å². The van der Waals surface area contributed by atoms with Crippen LogP contribution in [0.5, 0.6) is 0 Å². The molecule has 1 N–H and O–H groups in total. The molecule has 0 saturated carbocycles. The molecule has 3 nitrogen and oxygen atoms in total. The number of nitrogens with zero attached hydrogens (tertiary/aromatic N) is 2. The fraction of sp³-hybridized carbons (Fsp3) is 0.143. The Bertz CT molecular complexity index is 775. The van der Waals surface area contributed by atoms with Crippen LogP contribution in [-0.2, 0) is 6.18 Å². The van der Waals surface area contributed by atoms with Crippen LogP contribution in [0.25, 0.3) is 22.2 Å². The van der Waals surface area contributed by atoms with E-state index in [2.05, 4.69) is 10.1 Å². The molecule has 0 bridgehead atoms. The Morgan fingerprint density at radius 1 is 1.10 bits per heavy atom. The molecule has 2 aromatic heterocycles. The van der Waals surface area contributed by atoms with Crippen molar-refractivity contribution in [3.05, 3.63) is 47.8 Å². The number of aromatic amines is 1. The van der Waals surface area contributed by atoms with Gasteiger partial charge in [-0.1, -0.05) is 23.8 Å². The van der Waals surface area contributed by atoms with E-state index in [1.165, 1.54) is 0 Å². The van der Waals surface area contributed by atoms with E-state index in [9.17, 15) is 13.2 Å². The summed E-state index contributed by atoms with van der Waals surface area (Å²) in [7, 11) is 0. The maximum absolute atomic E-state index is 12.6. The highest BCUT2D eigenvalue weighted by Gasteiger charge is 2.33. The fourth-order valence-electron chi connectivity index (χ4n) is 2.09. The Labute approximate surface area is 112 Å². The zero-order valence-corrected chi connectivity index (χ0v) is 10.5. The summed E-state index contributed by atoms with van der Waals surface area (Å²) in [5, 5.41) is 7.42. The van der Waals surface area contributed by atoms with Crippen LogP contribution in [0.1, 0.15) is 11.3 Å². The molecule has 0 unspecified atom stereocenters. The van der Waals surface area contributed by atoms with Crippen molar-refractivity contribution in [3.8, 4) is 11.4 Å². The van der Waals surface area contributed by atoms with Gasteiger partial charge in [-0.25, -0.2) is 0 Å². The number of pyridine rings is 1. The smallest absolute Gasteiger partial charge is 0.273 e. The Kier molecular flexibility index (Phi) is 2.74. The Hall–Kier alpha value is -2.37. The standard InChI is InChI=1S/C14H10F3N3/c1-8-2-3-10-9(6-8)4-5-18-13(10)11-7-12(20-19-11)14(15,16)17/h2-7H,1H3,(H,19,20).